The number of benzene rings is 1. The lowest BCUT2D eigenvalue weighted by atomic mass is 10.3. The van der Waals surface area contributed by atoms with E-state index in [9.17, 15) is 0 Å². The van der Waals surface area contributed by atoms with E-state index in [1.807, 2.05) is 42.5 Å². The molecule has 1 aromatic heterocycles. The number of hydrogen-bond donors (Lipinski definition) is 1. The average Bonchev–Trinajstić information content (AvgIpc) is 2.58. The summed E-state index contributed by atoms with van der Waals surface area (Å²) >= 11 is 0. The van der Waals surface area contributed by atoms with E-state index < -0.39 is 0 Å². The lowest BCUT2D eigenvalue weighted by Crippen LogP contribution is -2.38. The third-order valence-electron chi connectivity index (χ3n) is 3.57. The Labute approximate surface area is 130 Å². The SMILES string of the molecule is c1ccc(Nc2ccc(OCCN3CCOCC3)cc2)nc1. The Morgan fingerprint density at radius 1 is 1.09 bits per heavy atom. The van der Waals surface area contributed by atoms with Gasteiger partial charge in [-0.1, -0.05) is 6.07 Å². The first-order valence-corrected chi connectivity index (χ1v) is 7.61. The molecule has 22 heavy (non-hydrogen) atoms. The fourth-order valence-electron chi connectivity index (χ4n) is 2.34. The molecular weight excluding hydrogens is 278 g/mol. The van der Waals surface area contributed by atoms with Crippen LogP contribution in [0.15, 0.2) is 48.7 Å². The van der Waals surface area contributed by atoms with E-state index in [4.69, 9.17) is 9.47 Å². The van der Waals surface area contributed by atoms with Gasteiger partial charge in [0, 0.05) is 31.5 Å². The van der Waals surface area contributed by atoms with Crippen molar-refractivity contribution in [1.82, 2.24) is 9.88 Å². The van der Waals surface area contributed by atoms with Gasteiger partial charge in [-0.05, 0) is 36.4 Å². The average molecular weight is 299 g/mol. The maximum atomic E-state index is 5.79. The fraction of sp³-hybridized carbons (Fsp3) is 0.353. The molecule has 1 N–H and O–H groups in total. The zero-order valence-corrected chi connectivity index (χ0v) is 12.6. The molecule has 1 aliphatic heterocycles. The number of anilines is 2. The van der Waals surface area contributed by atoms with Crippen LogP contribution >= 0.6 is 0 Å². The van der Waals surface area contributed by atoms with Crippen LogP contribution in [-0.2, 0) is 4.74 Å². The van der Waals surface area contributed by atoms with Crippen molar-refractivity contribution in [3.8, 4) is 5.75 Å². The number of hydrogen-bond acceptors (Lipinski definition) is 5. The van der Waals surface area contributed by atoms with Gasteiger partial charge in [0.05, 0.1) is 13.2 Å². The summed E-state index contributed by atoms with van der Waals surface area (Å²) in [5.74, 6) is 1.73. The van der Waals surface area contributed by atoms with Crippen LogP contribution < -0.4 is 10.1 Å². The molecule has 0 amide bonds. The predicted molar refractivity (Wildman–Crippen MR) is 86.7 cm³/mol. The van der Waals surface area contributed by atoms with E-state index in [1.54, 1.807) is 6.20 Å². The summed E-state index contributed by atoms with van der Waals surface area (Å²) in [7, 11) is 0. The molecule has 2 heterocycles. The molecule has 0 radical (unpaired) electrons. The zero-order chi connectivity index (χ0) is 15.0. The van der Waals surface area contributed by atoms with Crippen molar-refractivity contribution in [2.24, 2.45) is 0 Å². The first-order valence-electron chi connectivity index (χ1n) is 7.61. The van der Waals surface area contributed by atoms with Crippen molar-refractivity contribution in [2.75, 3.05) is 44.8 Å². The summed E-state index contributed by atoms with van der Waals surface area (Å²) in [5, 5.41) is 3.25. The number of pyridine rings is 1. The molecule has 5 nitrogen and oxygen atoms in total. The summed E-state index contributed by atoms with van der Waals surface area (Å²) < 4.78 is 11.1. The fourth-order valence-corrected chi connectivity index (χ4v) is 2.34. The molecule has 0 saturated carbocycles. The van der Waals surface area contributed by atoms with Crippen molar-refractivity contribution in [3.05, 3.63) is 48.7 Å². The van der Waals surface area contributed by atoms with Gasteiger partial charge in [0.2, 0.25) is 0 Å². The highest BCUT2D eigenvalue weighted by Gasteiger charge is 2.09. The van der Waals surface area contributed by atoms with E-state index in [1.165, 1.54) is 0 Å². The molecule has 0 aliphatic carbocycles. The topological polar surface area (TPSA) is 46.6 Å². The van der Waals surface area contributed by atoms with Crippen molar-refractivity contribution in [1.29, 1.82) is 0 Å². The number of nitrogens with one attached hydrogen (secondary N) is 1. The largest absolute Gasteiger partial charge is 0.492 e. The van der Waals surface area contributed by atoms with Gasteiger partial charge < -0.3 is 14.8 Å². The normalized spacial score (nSPS) is 15.5. The van der Waals surface area contributed by atoms with Crippen molar-refractivity contribution < 1.29 is 9.47 Å². The maximum absolute atomic E-state index is 5.79. The van der Waals surface area contributed by atoms with Gasteiger partial charge in [0.25, 0.3) is 0 Å². The molecule has 0 unspecified atom stereocenters. The lowest BCUT2D eigenvalue weighted by Gasteiger charge is -2.26. The molecule has 2 aromatic rings. The highest BCUT2D eigenvalue weighted by molar-refractivity contribution is 5.56. The van der Waals surface area contributed by atoms with Crippen LogP contribution in [-0.4, -0.2) is 49.3 Å². The third kappa shape index (κ3) is 4.44. The van der Waals surface area contributed by atoms with Crippen LogP contribution in [0.1, 0.15) is 0 Å². The molecule has 1 aromatic carbocycles. The van der Waals surface area contributed by atoms with Crippen molar-refractivity contribution in [2.45, 2.75) is 0 Å². The van der Waals surface area contributed by atoms with Crippen LogP contribution in [0.4, 0.5) is 11.5 Å². The predicted octanol–water partition coefficient (Wildman–Crippen LogP) is 2.54. The standard InChI is InChI=1S/C17H21N3O2/c1-2-8-18-17(3-1)19-15-4-6-16(7-5-15)22-14-11-20-9-12-21-13-10-20/h1-8H,9-14H2,(H,18,19). The lowest BCUT2D eigenvalue weighted by molar-refractivity contribution is 0.0322. The van der Waals surface area contributed by atoms with Crippen LogP contribution in [0.3, 0.4) is 0 Å². The van der Waals surface area contributed by atoms with Crippen molar-refractivity contribution in [3.63, 3.8) is 0 Å². The van der Waals surface area contributed by atoms with Gasteiger partial charge in [0.15, 0.2) is 0 Å². The Morgan fingerprint density at radius 2 is 1.91 bits per heavy atom. The van der Waals surface area contributed by atoms with E-state index in [0.717, 1.165) is 50.1 Å². The monoisotopic (exact) mass is 299 g/mol. The Balaban J connectivity index is 1.45. The summed E-state index contributed by atoms with van der Waals surface area (Å²) in [6.07, 6.45) is 1.77. The second kappa shape index (κ2) is 7.77. The number of aromatic nitrogens is 1. The number of ether oxygens (including phenoxy) is 2. The van der Waals surface area contributed by atoms with E-state index in [0.29, 0.717) is 6.61 Å². The highest BCUT2D eigenvalue weighted by atomic mass is 16.5. The van der Waals surface area contributed by atoms with Crippen LogP contribution in [0.5, 0.6) is 5.75 Å². The Bertz CT molecular complexity index is 554. The maximum Gasteiger partial charge on any atom is 0.130 e. The molecule has 0 spiro atoms. The van der Waals surface area contributed by atoms with Gasteiger partial charge >= 0.3 is 0 Å². The third-order valence-corrected chi connectivity index (χ3v) is 3.57. The molecule has 1 fully saturated rings. The van der Waals surface area contributed by atoms with E-state index in [-0.39, 0.29) is 0 Å². The number of nitrogens with zero attached hydrogens (tertiary/aromatic N) is 2. The number of rotatable bonds is 6. The molecular formula is C17H21N3O2. The second-order valence-electron chi connectivity index (χ2n) is 5.17. The first kappa shape index (κ1) is 14.8. The minimum atomic E-state index is 0.701. The van der Waals surface area contributed by atoms with Gasteiger partial charge in [-0.25, -0.2) is 4.98 Å². The van der Waals surface area contributed by atoms with Gasteiger partial charge in [0.1, 0.15) is 18.2 Å². The number of morpholine rings is 1. The van der Waals surface area contributed by atoms with Gasteiger partial charge in [-0.2, -0.15) is 0 Å². The first-order chi connectivity index (χ1) is 10.9. The van der Waals surface area contributed by atoms with E-state index >= 15 is 0 Å². The molecule has 116 valence electrons. The quantitative estimate of drug-likeness (QED) is 0.888. The van der Waals surface area contributed by atoms with Crippen LogP contribution in [0.25, 0.3) is 0 Å². The Kier molecular flexibility index (Phi) is 5.23. The molecule has 0 atom stereocenters. The van der Waals surface area contributed by atoms with Gasteiger partial charge in [-0.15, -0.1) is 0 Å². The van der Waals surface area contributed by atoms with E-state index in [2.05, 4.69) is 15.2 Å². The molecule has 0 bridgehead atoms. The molecule has 3 rings (SSSR count). The van der Waals surface area contributed by atoms with Crippen LogP contribution in [0.2, 0.25) is 0 Å². The summed E-state index contributed by atoms with van der Waals surface area (Å²) in [6, 6.07) is 13.7. The van der Waals surface area contributed by atoms with Gasteiger partial charge in [-0.3, -0.25) is 4.90 Å². The summed E-state index contributed by atoms with van der Waals surface area (Å²) in [5.41, 5.74) is 0.999. The summed E-state index contributed by atoms with van der Waals surface area (Å²) in [6.45, 7) is 5.29. The van der Waals surface area contributed by atoms with Crippen LogP contribution in [0, 0.1) is 0 Å². The molecule has 1 saturated heterocycles. The molecule has 1 aliphatic rings. The summed E-state index contributed by atoms with van der Waals surface area (Å²) in [4.78, 5) is 6.60. The highest BCUT2D eigenvalue weighted by Crippen LogP contribution is 2.18. The molecule has 5 heteroatoms. The second-order valence-corrected chi connectivity index (χ2v) is 5.17. The Hall–Kier alpha value is -2.11. The smallest absolute Gasteiger partial charge is 0.130 e. The minimum absolute atomic E-state index is 0.701. The van der Waals surface area contributed by atoms with Crippen molar-refractivity contribution >= 4 is 11.5 Å². The Morgan fingerprint density at radius 3 is 2.64 bits per heavy atom. The minimum Gasteiger partial charge on any atom is -0.492 e. The zero-order valence-electron chi connectivity index (χ0n) is 12.6.